The summed E-state index contributed by atoms with van der Waals surface area (Å²) >= 11 is 7.05. The average molecular weight is 256 g/mol. The minimum Gasteiger partial charge on any atom is -0.436 e. The fraction of sp³-hybridized carbons (Fsp3) is 0.200. The molecule has 2 aromatic rings. The van der Waals surface area contributed by atoms with Gasteiger partial charge in [-0.15, -0.1) is 0 Å². The molecule has 0 unspecified atom stereocenters. The second kappa shape index (κ2) is 4.35. The van der Waals surface area contributed by atoms with Crippen LogP contribution in [-0.4, -0.2) is 9.97 Å². The molecule has 0 aliphatic rings. The SMILES string of the molecule is Cc1nc(Sc2nc(Cl)ccc2N)oc1C. The normalized spacial score (nSPS) is 10.7. The summed E-state index contributed by atoms with van der Waals surface area (Å²) in [5, 5.41) is 1.53. The van der Waals surface area contributed by atoms with Crippen molar-refractivity contribution >= 4 is 29.1 Å². The molecule has 0 spiro atoms. The van der Waals surface area contributed by atoms with Crippen LogP contribution < -0.4 is 5.73 Å². The van der Waals surface area contributed by atoms with Crippen molar-refractivity contribution in [1.29, 1.82) is 0 Å². The lowest BCUT2D eigenvalue weighted by molar-refractivity contribution is 0.431. The van der Waals surface area contributed by atoms with E-state index in [0.717, 1.165) is 11.5 Å². The average Bonchev–Trinajstić information content (AvgIpc) is 2.52. The molecule has 2 heterocycles. The van der Waals surface area contributed by atoms with E-state index in [0.29, 0.717) is 21.1 Å². The van der Waals surface area contributed by atoms with E-state index < -0.39 is 0 Å². The number of hydrogen-bond donors (Lipinski definition) is 1. The van der Waals surface area contributed by atoms with Crippen LogP contribution in [-0.2, 0) is 0 Å². The molecule has 84 valence electrons. The third-order valence-electron chi connectivity index (χ3n) is 2.05. The van der Waals surface area contributed by atoms with Crippen molar-refractivity contribution in [3.8, 4) is 0 Å². The number of rotatable bonds is 2. The maximum Gasteiger partial charge on any atom is 0.262 e. The van der Waals surface area contributed by atoms with E-state index in [1.807, 2.05) is 13.8 Å². The number of nitrogens with two attached hydrogens (primary N) is 1. The van der Waals surface area contributed by atoms with Crippen molar-refractivity contribution in [2.24, 2.45) is 0 Å². The Morgan fingerprint density at radius 1 is 1.31 bits per heavy atom. The predicted molar refractivity (Wildman–Crippen MR) is 63.8 cm³/mol. The van der Waals surface area contributed by atoms with Gasteiger partial charge in [0.15, 0.2) is 0 Å². The van der Waals surface area contributed by atoms with Crippen LogP contribution in [0, 0.1) is 13.8 Å². The molecule has 4 nitrogen and oxygen atoms in total. The summed E-state index contributed by atoms with van der Waals surface area (Å²) in [6.45, 7) is 3.75. The molecule has 16 heavy (non-hydrogen) atoms. The van der Waals surface area contributed by atoms with Gasteiger partial charge in [0.05, 0.1) is 11.4 Å². The summed E-state index contributed by atoms with van der Waals surface area (Å²) in [6.07, 6.45) is 0. The predicted octanol–water partition coefficient (Wildman–Crippen LogP) is 3.07. The van der Waals surface area contributed by atoms with Gasteiger partial charge in [0.1, 0.15) is 15.9 Å². The molecule has 0 atom stereocenters. The molecule has 6 heteroatoms. The largest absolute Gasteiger partial charge is 0.436 e. The Kier molecular flexibility index (Phi) is 3.07. The Bertz CT molecular complexity index is 507. The maximum atomic E-state index is 5.79. The molecule has 2 N–H and O–H groups in total. The van der Waals surface area contributed by atoms with Gasteiger partial charge in [-0.3, -0.25) is 0 Å². The van der Waals surface area contributed by atoms with E-state index in [1.165, 1.54) is 11.8 Å². The fourth-order valence-electron chi connectivity index (χ4n) is 1.08. The van der Waals surface area contributed by atoms with Gasteiger partial charge < -0.3 is 10.2 Å². The molecule has 0 aliphatic carbocycles. The second-order valence-electron chi connectivity index (χ2n) is 3.25. The smallest absolute Gasteiger partial charge is 0.262 e. The summed E-state index contributed by atoms with van der Waals surface area (Å²) in [5.74, 6) is 0.795. The van der Waals surface area contributed by atoms with Crippen molar-refractivity contribution in [3.05, 3.63) is 28.7 Å². The highest BCUT2D eigenvalue weighted by Crippen LogP contribution is 2.31. The van der Waals surface area contributed by atoms with E-state index in [-0.39, 0.29) is 0 Å². The van der Waals surface area contributed by atoms with Crippen LogP contribution in [0.3, 0.4) is 0 Å². The van der Waals surface area contributed by atoms with Gasteiger partial charge >= 0.3 is 0 Å². The Morgan fingerprint density at radius 2 is 2.06 bits per heavy atom. The highest BCUT2D eigenvalue weighted by Gasteiger charge is 2.11. The standard InChI is InChI=1S/C10H10ClN3OS/c1-5-6(2)15-10(13-5)16-9-7(12)3-4-8(11)14-9/h3-4H,12H2,1-2H3. The minimum atomic E-state index is 0.400. The maximum absolute atomic E-state index is 5.79. The number of nitrogens with zero attached hydrogens (tertiary/aromatic N) is 2. The number of aryl methyl sites for hydroxylation is 2. The van der Waals surface area contributed by atoms with Crippen molar-refractivity contribution in [3.63, 3.8) is 0 Å². The number of halogens is 1. The first-order valence-corrected chi connectivity index (χ1v) is 5.79. The van der Waals surface area contributed by atoms with E-state index in [1.54, 1.807) is 12.1 Å². The third-order valence-corrected chi connectivity index (χ3v) is 3.13. The number of hydrogen-bond acceptors (Lipinski definition) is 5. The minimum absolute atomic E-state index is 0.400. The van der Waals surface area contributed by atoms with Gasteiger partial charge in [-0.05, 0) is 37.7 Å². The highest BCUT2D eigenvalue weighted by atomic mass is 35.5. The van der Waals surface area contributed by atoms with Gasteiger partial charge in [-0.25, -0.2) is 9.97 Å². The summed E-state index contributed by atoms with van der Waals surface area (Å²) in [7, 11) is 0. The molecular formula is C10H10ClN3OS. The second-order valence-corrected chi connectivity index (χ2v) is 4.58. The Morgan fingerprint density at radius 3 is 2.69 bits per heavy atom. The Hall–Kier alpha value is -1.20. The quantitative estimate of drug-likeness (QED) is 0.836. The first-order chi connectivity index (χ1) is 7.56. The molecule has 0 amide bonds. The molecule has 0 fully saturated rings. The molecule has 0 bridgehead atoms. The van der Waals surface area contributed by atoms with Crippen molar-refractivity contribution in [1.82, 2.24) is 9.97 Å². The molecule has 0 saturated carbocycles. The number of oxazole rings is 1. The van der Waals surface area contributed by atoms with Crippen LogP contribution in [0.4, 0.5) is 5.69 Å². The molecule has 0 aromatic carbocycles. The van der Waals surface area contributed by atoms with E-state index in [9.17, 15) is 0 Å². The number of anilines is 1. The summed E-state index contributed by atoms with van der Waals surface area (Å²) in [6, 6.07) is 3.35. The van der Waals surface area contributed by atoms with E-state index >= 15 is 0 Å². The van der Waals surface area contributed by atoms with Crippen LogP contribution in [0.15, 0.2) is 26.8 Å². The zero-order chi connectivity index (χ0) is 11.7. The molecule has 0 saturated heterocycles. The highest BCUT2D eigenvalue weighted by molar-refractivity contribution is 7.99. The third kappa shape index (κ3) is 2.31. The van der Waals surface area contributed by atoms with Crippen LogP contribution in [0.25, 0.3) is 0 Å². The van der Waals surface area contributed by atoms with Gasteiger partial charge in [-0.2, -0.15) is 0 Å². The van der Waals surface area contributed by atoms with Gasteiger partial charge in [0, 0.05) is 0 Å². The lowest BCUT2D eigenvalue weighted by atomic mass is 10.4. The summed E-state index contributed by atoms with van der Waals surface area (Å²) in [4.78, 5) is 8.34. The first-order valence-electron chi connectivity index (χ1n) is 4.60. The Balaban J connectivity index is 2.29. The molecule has 2 aromatic heterocycles. The van der Waals surface area contributed by atoms with Gasteiger partial charge in [-0.1, -0.05) is 11.6 Å². The topological polar surface area (TPSA) is 64.9 Å². The Labute approximate surface area is 102 Å². The fourth-order valence-corrected chi connectivity index (χ4v) is 2.12. The molecule has 0 radical (unpaired) electrons. The van der Waals surface area contributed by atoms with Crippen molar-refractivity contribution in [2.45, 2.75) is 24.1 Å². The lowest BCUT2D eigenvalue weighted by Crippen LogP contribution is -1.91. The number of pyridine rings is 1. The van der Waals surface area contributed by atoms with Crippen molar-refractivity contribution in [2.75, 3.05) is 5.73 Å². The lowest BCUT2D eigenvalue weighted by Gasteiger charge is -2.01. The summed E-state index contributed by atoms with van der Waals surface area (Å²) in [5.41, 5.74) is 7.19. The van der Waals surface area contributed by atoms with Crippen LogP contribution in [0.2, 0.25) is 5.15 Å². The van der Waals surface area contributed by atoms with Gasteiger partial charge in [0.25, 0.3) is 5.22 Å². The van der Waals surface area contributed by atoms with Crippen molar-refractivity contribution < 1.29 is 4.42 Å². The van der Waals surface area contributed by atoms with E-state index in [2.05, 4.69) is 9.97 Å². The number of nitrogen functional groups attached to an aromatic ring is 1. The van der Waals surface area contributed by atoms with Crippen LogP contribution in [0.5, 0.6) is 0 Å². The van der Waals surface area contributed by atoms with E-state index in [4.69, 9.17) is 21.8 Å². The summed E-state index contributed by atoms with van der Waals surface area (Å²) < 4.78 is 5.43. The molecule has 0 aliphatic heterocycles. The zero-order valence-electron chi connectivity index (χ0n) is 8.82. The first kappa shape index (κ1) is 11.3. The molecular weight excluding hydrogens is 246 g/mol. The van der Waals surface area contributed by atoms with Crippen LogP contribution in [0.1, 0.15) is 11.5 Å². The van der Waals surface area contributed by atoms with Gasteiger partial charge in [0.2, 0.25) is 0 Å². The zero-order valence-corrected chi connectivity index (χ0v) is 10.4. The van der Waals surface area contributed by atoms with Crippen LogP contribution >= 0.6 is 23.4 Å². The molecule has 2 rings (SSSR count). The number of aromatic nitrogens is 2. The monoisotopic (exact) mass is 255 g/mol.